The van der Waals surface area contributed by atoms with E-state index in [0.717, 1.165) is 5.92 Å². The van der Waals surface area contributed by atoms with Crippen LogP contribution in [0.3, 0.4) is 0 Å². The normalized spacial score (nSPS) is 33.5. The molecule has 0 aliphatic heterocycles. The summed E-state index contributed by atoms with van der Waals surface area (Å²) in [6.45, 7) is 17.0. The van der Waals surface area contributed by atoms with Gasteiger partial charge in [-0.1, -0.05) is 20.8 Å². The van der Waals surface area contributed by atoms with E-state index >= 15 is 0 Å². The van der Waals surface area contributed by atoms with E-state index in [0.29, 0.717) is 36.8 Å². The highest BCUT2D eigenvalue weighted by molar-refractivity contribution is 5.85. The van der Waals surface area contributed by atoms with Gasteiger partial charge in [0.05, 0.1) is 18.8 Å². The van der Waals surface area contributed by atoms with Crippen LogP contribution in [0.15, 0.2) is 0 Å². The van der Waals surface area contributed by atoms with Crippen molar-refractivity contribution in [3.63, 3.8) is 0 Å². The average molecular weight is 348 g/mol. The fraction of sp³-hybridized carbons (Fsp3) is 1.00. The third-order valence-corrected chi connectivity index (χ3v) is 6.34. The number of aliphatic hydroxyl groups is 1. The molecule has 0 heterocycles. The van der Waals surface area contributed by atoms with Crippen LogP contribution < -0.4 is 0 Å². The summed E-state index contributed by atoms with van der Waals surface area (Å²) in [4.78, 5) is 2.34. The van der Waals surface area contributed by atoms with Crippen molar-refractivity contribution in [1.29, 1.82) is 0 Å². The molecule has 138 valence electrons. The summed E-state index contributed by atoms with van der Waals surface area (Å²) in [5.74, 6) is 0.794. The molecule has 23 heavy (non-hydrogen) atoms. The van der Waals surface area contributed by atoms with E-state index in [-0.39, 0.29) is 17.8 Å². The minimum absolute atomic E-state index is 0. The first-order valence-corrected chi connectivity index (χ1v) is 9.13. The van der Waals surface area contributed by atoms with Crippen LogP contribution in [-0.4, -0.2) is 47.4 Å². The number of nitrogens with zero attached hydrogens (tertiary/aromatic N) is 1. The highest BCUT2D eigenvalue weighted by Crippen LogP contribution is 2.63. The van der Waals surface area contributed by atoms with Crippen molar-refractivity contribution in [2.24, 2.45) is 16.7 Å². The number of fused-ring (bicyclic) bond motifs is 2. The first kappa shape index (κ1) is 21.2. The quantitative estimate of drug-likeness (QED) is 0.752. The van der Waals surface area contributed by atoms with Crippen LogP contribution in [0.1, 0.15) is 67.7 Å². The predicted molar refractivity (Wildman–Crippen MR) is 99.2 cm³/mol. The molecule has 2 fully saturated rings. The van der Waals surface area contributed by atoms with E-state index in [9.17, 15) is 5.11 Å². The fourth-order valence-electron chi connectivity index (χ4n) is 5.19. The van der Waals surface area contributed by atoms with Crippen LogP contribution in [0.5, 0.6) is 0 Å². The highest BCUT2D eigenvalue weighted by Gasteiger charge is 2.60. The first-order valence-electron chi connectivity index (χ1n) is 9.13. The SMILES string of the molecule is CC(C)N(CC(O)COC1C2(C)CCC(C2)C1(C)C)C(C)C.Cl. The lowest BCUT2D eigenvalue weighted by Gasteiger charge is -2.43. The zero-order valence-electron chi connectivity index (χ0n) is 16.1. The van der Waals surface area contributed by atoms with Gasteiger partial charge < -0.3 is 9.84 Å². The van der Waals surface area contributed by atoms with Gasteiger partial charge in [0, 0.05) is 18.6 Å². The molecule has 2 aliphatic carbocycles. The molecule has 1 N–H and O–H groups in total. The number of rotatable bonds is 7. The van der Waals surface area contributed by atoms with E-state index in [1.807, 2.05) is 0 Å². The third-order valence-electron chi connectivity index (χ3n) is 6.34. The van der Waals surface area contributed by atoms with Crippen molar-refractivity contribution >= 4 is 12.4 Å². The number of hydrogen-bond acceptors (Lipinski definition) is 3. The second kappa shape index (κ2) is 7.59. The van der Waals surface area contributed by atoms with E-state index in [2.05, 4.69) is 53.4 Å². The molecular weight excluding hydrogens is 310 g/mol. The second-order valence-corrected chi connectivity index (χ2v) is 9.17. The Kier molecular flexibility index (Phi) is 7.00. The van der Waals surface area contributed by atoms with Gasteiger partial charge >= 0.3 is 0 Å². The average Bonchev–Trinajstić information content (AvgIpc) is 2.85. The maximum atomic E-state index is 10.4. The summed E-state index contributed by atoms with van der Waals surface area (Å²) < 4.78 is 6.30. The Bertz CT molecular complexity index is 373. The summed E-state index contributed by atoms with van der Waals surface area (Å²) in [6, 6.07) is 0.900. The molecule has 2 saturated carbocycles. The smallest absolute Gasteiger partial charge is 0.0900 e. The van der Waals surface area contributed by atoms with Crippen LogP contribution in [0, 0.1) is 16.7 Å². The van der Waals surface area contributed by atoms with Crippen molar-refractivity contribution in [3.8, 4) is 0 Å². The molecule has 0 aromatic rings. The van der Waals surface area contributed by atoms with Gasteiger partial charge in [0.1, 0.15) is 0 Å². The lowest BCUT2D eigenvalue weighted by molar-refractivity contribution is -0.115. The Hall–Kier alpha value is 0.170. The van der Waals surface area contributed by atoms with Crippen molar-refractivity contribution < 1.29 is 9.84 Å². The number of hydrogen-bond donors (Lipinski definition) is 1. The Morgan fingerprint density at radius 2 is 1.70 bits per heavy atom. The van der Waals surface area contributed by atoms with Gasteiger partial charge in [-0.15, -0.1) is 12.4 Å². The molecule has 0 radical (unpaired) electrons. The Labute approximate surface area is 149 Å². The monoisotopic (exact) mass is 347 g/mol. The highest BCUT2D eigenvalue weighted by atomic mass is 35.5. The lowest BCUT2D eigenvalue weighted by atomic mass is 9.70. The fourth-order valence-corrected chi connectivity index (χ4v) is 5.19. The van der Waals surface area contributed by atoms with E-state index in [1.165, 1.54) is 19.3 Å². The van der Waals surface area contributed by atoms with E-state index in [4.69, 9.17) is 4.74 Å². The summed E-state index contributed by atoms with van der Waals surface area (Å²) >= 11 is 0. The van der Waals surface area contributed by atoms with Gasteiger partial charge in [-0.2, -0.15) is 0 Å². The maximum absolute atomic E-state index is 10.4. The van der Waals surface area contributed by atoms with Crippen molar-refractivity contribution in [3.05, 3.63) is 0 Å². The first-order chi connectivity index (χ1) is 10.1. The Balaban J connectivity index is 0.00000264. The summed E-state index contributed by atoms with van der Waals surface area (Å²) in [7, 11) is 0. The zero-order chi connectivity index (χ0) is 16.7. The molecule has 0 aromatic carbocycles. The van der Waals surface area contributed by atoms with Crippen molar-refractivity contribution in [2.75, 3.05) is 13.2 Å². The third kappa shape index (κ3) is 4.23. The maximum Gasteiger partial charge on any atom is 0.0900 e. The second-order valence-electron chi connectivity index (χ2n) is 9.17. The van der Waals surface area contributed by atoms with Crippen LogP contribution >= 0.6 is 12.4 Å². The standard InChI is InChI=1S/C19H37NO2.ClH/c1-13(2)20(14(3)4)11-16(21)12-22-17-18(5,6)15-8-9-19(17,7)10-15;/h13-17,21H,8-12H2,1-7H3;1H. The van der Waals surface area contributed by atoms with Gasteiger partial charge in [-0.25, -0.2) is 0 Å². The number of aliphatic hydroxyl groups excluding tert-OH is 1. The molecule has 4 atom stereocenters. The molecule has 3 nitrogen and oxygen atoms in total. The molecule has 0 amide bonds. The molecule has 4 unspecified atom stereocenters. The van der Waals surface area contributed by atoms with Gasteiger partial charge in [0.2, 0.25) is 0 Å². The van der Waals surface area contributed by atoms with Gasteiger partial charge in [0.25, 0.3) is 0 Å². The Morgan fingerprint density at radius 3 is 2.13 bits per heavy atom. The minimum Gasteiger partial charge on any atom is -0.389 e. The summed E-state index contributed by atoms with van der Waals surface area (Å²) in [5, 5.41) is 10.4. The molecule has 4 heteroatoms. The number of halogens is 1. The molecule has 0 aromatic heterocycles. The molecule has 0 spiro atoms. The van der Waals surface area contributed by atoms with E-state index < -0.39 is 6.10 Å². The molecule has 2 rings (SSSR count). The van der Waals surface area contributed by atoms with Crippen LogP contribution in [0.4, 0.5) is 0 Å². The predicted octanol–water partition coefficient (Wildman–Crippen LogP) is 4.12. The van der Waals surface area contributed by atoms with Crippen LogP contribution in [0.2, 0.25) is 0 Å². The van der Waals surface area contributed by atoms with Crippen molar-refractivity contribution in [1.82, 2.24) is 4.90 Å². The molecular formula is C19H38ClNO2. The summed E-state index contributed by atoms with van der Waals surface area (Å²) in [6.07, 6.45) is 3.82. The van der Waals surface area contributed by atoms with Gasteiger partial charge in [0.15, 0.2) is 0 Å². The van der Waals surface area contributed by atoms with Gasteiger partial charge in [-0.05, 0) is 63.7 Å². The van der Waals surface area contributed by atoms with E-state index in [1.54, 1.807) is 0 Å². The van der Waals surface area contributed by atoms with Crippen LogP contribution in [0.25, 0.3) is 0 Å². The molecule has 2 aliphatic rings. The van der Waals surface area contributed by atoms with Crippen molar-refractivity contribution in [2.45, 2.75) is 92.0 Å². The summed E-state index contributed by atoms with van der Waals surface area (Å²) in [5.41, 5.74) is 0.576. The lowest BCUT2D eigenvalue weighted by Crippen LogP contribution is -2.46. The topological polar surface area (TPSA) is 32.7 Å². The van der Waals surface area contributed by atoms with Crippen LogP contribution in [-0.2, 0) is 4.74 Å². The Morgan fingerprint density at radius 1 is 1.13 bits per heavy atom. The zero-order valence-corrected chi connectivity index (χ0v) is 16.9. The number of ether oxygens (including phenoxy) is 1. The molecule has 2 bridgehead atoms. The van der Waals surface area contributed by atoms with Gasteiger partial charge in [-0.3, -0.25) is 4.90 Å². The molecule has 0 saturated heterocycles. The largest absolute Gasteiger partial charge is 0.389 e. The minimum atomic E-state index is -0.400.